The maximum atomic E-state index is 9.44. The van der Waals surface area contributed by atoms with Crippen molar-refractivity contribution in [1.82, 2.24) is 0 Å². The quantitative estimate of drug-likeness (QED) is 0.386. The zero-order valence-corrected chi connectivity index (χ0v) is 7.25. The number of ether oxygens (including phenoxy) is 2. The first-order valence-electron chi connectivity index (χ1n) is 3.91. The van der Waals surface area contributed by atoms with Crippen molar-refractivity contribution in [2.45, 2.75) is 24.1 Å². The molecule has 1 heterocycles. The lowest BCUT2D eigenvalue weighted by atomic mass is 9.97. The molecule has 1 aliphatic rings. The fourth-order valence-electron chi connectivity index (χ4n) is 1.26. The molecule has 0 aromatic rings. The summed E-state index contributed by atoms with van der Waals surface area (Å²) >= 11 is 0. The predicted molar refractivity (Wildman–Crippen MR) is 40.8 cm³/mol. The van der Waals surface area contributed by atoms with Crippen LogP contribution in [0.1, 0.15) is 0 Å². The van der Waals surface area contributed by atoms with Gasteiger partial charge >= 0.3 is 0 Å². The van der Waals surface area contributed by atoms with Crippen molar-refractivity contribution in [1.29, 1.82) is 0 Å². The van der Waals surface area contributed by atoms with Crippen LogP contribution in [-0.4, -0.2) is 64.8 Å². The highest BCUT2D eigenvalue weighted by Crippen LogP contribution is 2.26. The van der Waals surface area contributed by atoms with E-state index in [4.69, 9.17) is 19.7 Å². The minimum atomic E-state index is -1.63. The van der Waals surface area contributed by atoms with Gasteiger partial charge in [0.25, 0.3) is 0 Å². The second kappa shape index (κ2) is 3.87. The molecule has 1 aliphatic heterocycles. The van der Waals surface area contributed by atoms with E-state index in [0.29, 0.717) is 0 Å². The third-order valence-corrected chi connectivity index (χ3v) is 2.23. The van der Waals surface area contributed by atoms with Gasteiger partial charge in [0.05, 0.1) is 6.61 Å². The van der Waals surface area contributed by atoms with E-state index in [-0.39, 0.29) is 6.61 Å². The molecule has 4 N–H and O–H groups in total. The lowest BCUT2D eigenvalue weighted by molar-refractivity contribution is -0.340. The third kappa shape index (κ3) is 1.69. The Labute approximate surface area is 75.3 Å². The van der Waals surface area contributed by atoms with Crippen LogP contribution in [-0.2, 0) is 9.47 Å². The average Bonchev–Trinajstić information content (AvgIpc) is 2.16. The molecule has 0 radical (unpaired) electrons. The molecule has 0 aromatic heterocycles. The lowest BCUT2D eigenvalue weighted by Gasteiger charge is -2.42. The Bertz CT molecular complexity index is 168. The second-order valence-corrected chi connectivity index (χ2v) is 2.99. The van der Waals surface area contributed by atoms with Gasteiger partial charge in [-0.2, -0.15) is 0 Å². The number of aliphatic hydroxyl groups excluding tert-OH is 4. The molecule has 78 valence electrons. The van der Waals surface area contributed by atoms with Crippen LogP contribution >= 0.6 is 0 Å². The maximum Gasteiger partial charge on any atom is 0.220 e. The lowest BCUT2D eigenvalue weighted by Crippen LogP contribution is -2.63. The standard InChI is InChI=1S/C7H14O6/c1-12-7(3-8)6(11)5(10)4(9)2-13-7/h4-6,8-11H,2-3H2,1H3/t4-,5+,6+,7+/m1/s1. The first-order valence-corrected chi connectivity index (χ1v) is 3.91. The van der Waals surface area contributed by atoms with Gasteiger partial charge in [-0.05, 0) is 0 Å². The molecule has 0 aromatic carbocycles. The number of aliphatic hydroxyl groups is 4. The minimum Gasteiger partial charge on any atom is -0.391 e. The SMILES string of the molecule is CO[C@@]1(CO)OC[C@@H](O)[C@H](O)[C@@H]1O. The van der Waals surface area contributed by atoms with E-state index in [2.05, 4.69) is 0 Å². The average molecular weight is 194 g/mol. The van der Waals surface area contributed by atoms with E-state index in [1.54, 1.807) is 0 Å². The van der Waals surface area contributed by atoms with Crippen LogP contribution in [0.3, 0.4) is 0 Å². The highest BCUT2D eigenvalue weighted by atomic mass is 16.7. The van der Waals surface area contributed by atoms with E-state index < -0.39 is 30.7 Å². The summed E-state index contributed by atoms with van der Waals surface area (Å²) in [6, 6.07) is 0. The van der Waals surface area contributed by atoms with Gasteiger partial charge in [0.15, 0.2) is 0 Å². The van der Waals surface area contributed by atoms with Crippen molar-refractivity contribution < 1.29 is 29.9 Å². The van der Waals surface area contributed by atoms with Crippen molar-refractivity contribution in [3.05, 3.63) is 0 Å². The molecule has 0 spiro atoms. The molecule has 0 unspecified atom stereocenters. The predicted octanol–water partition coefficient (Wildman–Crippen LogP) is -2.57. The van der Waals surface area contributed by atoms with Gasteiger partial charge in [-0.15, -0.1) is 0 Å². The van der Waals surface area contributed by atoms with Crippen LogP contribution in [0.25, 0.3) is 0 Å². The summed E-state index contributed by atoms with van der Waals surface area (Å²) in [4.78, 5) is 0. The zero-order valence-electron chi connectivity index (χ0n) is 7.25. The van der Waals surface area contributed by atoms with Gasteiger partial charge in [0.2, 0.25) is 5.79 Å². The normalized spacial score (nSPS) is 46.4. The molecular formula is C7H14O6. The summed E-state index contributed by atoms with van der Waals surface area (Å²) in [5.41, 5.74) is 0. The van der Waals surface area contributed by atoms with E-state index in [0.717, 1.165) is 0 Å². The van der Waals surface area contributed by atoms with E-state index in [1.165, 1.54) is 7.11 Å². The number of hydrogen-bond acceptors (Lipinski definition) is 6. The summed E-state index contributed by atoms with van der Waals surface area (Å²) in [6.07, 6.45) is -4.00. The second-order valence-electron chi connectivity index (χ2n) is 2.99. The Morgan fingerprint density at radius 3 is 2.54 bits per heavy atom. The van der Waals surface area contributed by atoms with Crippen molar-refractivity contribution in [2.75, 3.05) is 20.3 Å². The molecule has 0 amide bonds. The van der Waals surface area contributed by atoms with Crippen LogP contribution in [0.4, 0.5) is 0 Å². The molecule has 0 aliphatic carbocycles. The molecule has 0 bridgehead atoms. The zero-order chi connectivity index (χ0) is 10.1. The van der Waals surface area contributed by atoms with E-state index >= 15 is 0 Å². The minimum absolute atomic E-state index is 0.188. The third-order valence-electron chi connectivity index (χ3n) is 2.23. The molecule has 0 saturated carbocycles. The van der Waals surface area contributed by atoms with Gasteiger partial charge in [0.1, 0.15) is 24.9 Å². The van der Waals surface area contributed by atoms with E-state index in [1.807, 2.05) is 0 Å². The van der Waals surface area contributed by atoms with E-state index in [9.17, 15) is 10.2 Å². The molecular weight excluding hydrogens is 180 g/mol. The number of methoxy groups -OCH3 is 1. The van der Waals surface area contributed by atoms with Gasteiger partial charge < -0.3 is 29.9 Å². The Balaban J connectivity index is 2.77. The van der Waals surface area contributed by atoms with Gasteiger partial charge in [0, 0.05) is 7.11 Å². The van der Waals surface area contributed by atoms with Crippen LogP contribution in [0, 0.1) is 0 Å². The highest BCUT2D eigenvalue weighted by Gasteiger charge is 2.49. The monoisotopic (exact) mass is 194 g/mol. The maximum absolute atomic E-state index is 9.44. The molecule has 1 fully saturated rings. The van der Waals surface area contributed by atoms with Crippen LogP contribution in [0.15, 0.2) is 0 Å². The first kappa shape index (κ1) is 10.8. The van der Waals surface area contributed by atoms with Crippen molar-refractivity contribution in [3.63, 3.8) is 0 Å². The Morgan fingerprint density at radius 2 is 2.08 bits per heavy atom. The molecule has 1 saturated heterocycles. The number of rotatable bonds is 2. The number of hydrogen-bond donors (Lipinski definition) is 4. The van der Waals surface area contributed by atoms with Crippen molar-refractivity contribution in [2.24, 2.45) is 0 Å². The summed E-state index contributed by atoms with van der Waals surface area (Å²) in [7, 11) is 1.24. The highest BCUT2D eigenvalue weighted by molar-refractivity contribution is 4.92. The first-order chi connectivity index (χ1) is 6.07. The summed E-state index contributed by atoms with van der Waals surface area (Å²) in [5, 5.41) is 36.7. The molecule has 13 heavy (non-hydrogen) atoms. The van der Waals surface area contributed by atoms with Gasteiger partial charge in [-0.25, -0.2) is 0 Å². The largest absolute Gasteiger partial charge is 0.391 e. The van der Waals surface area contributed by atoms with Crippen molar-refractivity contribution in [3.8, 4) is 0 Å². The molecule has 6 nitrogen and oxygen atoms in total. The fourth-order valence-corrected chi connectivity index (χ4v) is 1.26. The van der Waals surface area contributed by atoms with Crippen LogP contribution in [0.2, 0.25) is 0 Å². The smallest absolute Gasteiger partial charge is 0.220 e. The van der Waals surface area contributed by atoms with Gasteiger partial charge in [-0.3, -0.25) is 0 Å². The summed E-state index contributed by atoms with van der Waals surface area (Å²) in [6.45, 7) is -0.777. The van der Waals surface area contributed by atoms with Crippen molar-refractivity contribution >= 4 is 0 Å². The topological polar surface area (TPSA) is 99.4 Å². The summed E-state index contributed by atoms with van der Waals surface area (Å²) < 4.78 is 9.69. The molecule has 1 rings (SSSR count). The Morgan fingerprint density at radius 1 is 1.46 bits per heavy atom. The van der Waals surface area contributed by atoms with Crippen LogP contribution < -0.4 is 0 Å². The molecule has 4 atom stereocenters. The Kier molecular flexibility index (Phi) is 3.23. The van der Waals surface area contributed by atoms with Crippen LogP contribution in [0.5, 0.6) is 0 Å². The Hall–Kier alpha value is -0.240. The molecule has 6 heteroatoms. The summed E-state index contributed by atoms with van der Waals surface area (Å²) in [5.74, 6) is -1.63. The van der Waals surface area contributed by atoms with Gasteiger partial charge in [-0.1, -0.05) is 0 Å². The fraction of sp³-hybridized carbons (Fsp3) is 1.00.